The van der Waals surface area contributed by atoms with E-state index >= 15 is 0 Å². The molecule has 1 fully saturated rings. The highest BCUT2D eigenvalue weighted by Gasteiger charge is 2.19. The van der Waals surface area contributed by atoms with Gasteiger partial charge in [-0.15, -0.1) is 0 Å². The molecular weight excluding hydrogens is 258 g/mol. The van der Waals surface area contributed by atoms with Crippen LogP contribution < -0.4 is 16.4 Å². The molecule has 110 valence electrons. The van der Waals surface area contributed by atoms with Crippen molar-refractivity contribution in [1.82, 2.24) is 4.90 Å². The Morgan fingerprint density at radius 1 is 1.25 bits per heavy atom. The van der Waals surface area contributed by atoms with Crippen molar-refractivity contribution in [2.24, 2.45) is 5.73 Å². The third kappa shape index (κ3) is 3.37. The van der Waals surface area contributed by atoms with E-state index in [1.807, 2.05) is 0 Å². The minimum Gasteiger partial charge on any atom is -0.393 e. The lowest BCUT2D eigenvalue weighted by Gasteiger charge is -2.36. The standard InChI is InChI=1S/C13H21N5O2/c14-4-1-5-16-6-8-17(9-7-16)11-2-3-13(18(19)20)12(15)10-11/h2-3,10H,1,4-9,14-15H2. The van der Waals surface area contributed by atoms with Gasteiger partial charge in [0.25, 0.3) is 5.69 Å². The van der Waals surface area contributed by atoms with E-state index in [1.165, 1.54) is 6.07 Å². The molecule has 0 saturated carbocycles. The molecule has 1 aromatic carbocycles. The Balaban J connectivity index is 1.97. The summed E-state index contributed by atoms with van der Waals surface area (Å²) in [7, 11) is 0. The highest BCUT2D eigenvalue weighted by atomic mass is 16.6. The first-order valence-electron chi connectivity index (χ1n) is 6.83. The number of hydrogen-bond donors (Lipinski definition) is 2. The number of piperazine rings is 1. The van der Waals surface area contributed by atoms with Crippen LogP contribution in [0.5, 0.6) is 0 Å². The van der Waals surface area contributed by atoms with Crippen molar-refractivity contribution in [1.29, 1.82) is 0 Å². The maximum Gasteiger partial charge on any atom is 0.292 e. The molecule has 1 aliphatic rings. The van der Waals surface area contributed by atoms with Crippen LogP contribution in [0.2, 0.25) is 0 Å². The first-order chi connectivity index (χ1) is 9.61. The zero-order valence-corrected chi connectivity index (χ0v) is 11.5. The minimum atomic E-state index is -0.454. The Bertz CT molecular complexity index is 472. The zero-order valence-electron chi connectivity index (χ0n) is 11.5. The van der Waals surface area contributed by atoms with Gasteiger partial charge in [-0.1, -0.05) is 0 Å². The lowest BCUT2D eigenvalue weighted by atomic mass is 10.2. The molecule has 1 aliphatic heterocycles. The molecule has 0 atom stereocenters. The van der Waals surface area contributed by atoms with Gasteiger partial charge in [0.05, 0.1) is 4.92 Å². The van der Waals surface area contributed by atoms with E-state index in [-0.39, 0.29) is 11.4 Å². The molecule has 1 aromatic rings. The fourth-order valence-electron chi connectivity index (χ4n) is 2.45. The van der Waals surface area contributed by atoms with Crippen molar-refractivity contribution in [3.63, 3.8) is 0 Å². The average Bonchev–Trinajstić information content (AvgIpc) is 2.45. The summed E-state index contributed by atoms with van der Waals surface area (Å²) in [5, 5.41) is 10.7. The molecule has 20 heavy (non-hydrogen) atoms. The predicted octanol–water partition coefficient (Wildman–Crippen LogP) is 0.648. The van der Waals surface area contributed by atoms with E-state index in [9.17, 15) is 10.1 Å². The maximum absolute atomic E-state index is 10.7. The molecular formula is C13H21N5O2. The van der Waals surface area contributed by atoms with Gasteiger partial charge < -0.3 is 16.4 Å². The number of hydrogen-bond acceptors (Lipinski definition) is 6. The van der Waals surface area contributed by atoms with Crippen LogP contribution in [0.3, 0.4) is 0 Å². The van der Waals surface area contributed by atoms with E-state index < -0.39 is 4.92 Å². The van der Waals surface area contributed by atoms with Crippen molar-refractivity contribution >= 4 is 17.1 Å². The molecule has 0 unspecified atom stereocenters. The number of nitrogens with zero attached hydrogens (tertiary/aromatic N) is 3. The highest BCUT2D eigenvalue weighted by molar-refractivity contribution is 5.66. The Morgan fingerprint density at radius 3 is 2.50 bits per heavy atom. The van der Waals surface area contributed by atoms with Crippen LogP contribution in [0.1, 0.15) is 6.42 Å². The van der Waals surface area contributed by atoms with Crippen molar-refractivity contribution in [2.75, 3.05) is 49.9 Å². The van der Waals surface area contributed by atoms with Crippen LogP contribution in [0.15, 0.2) is 18.2 Å². The molecule has 0 amide bonds. The predicted molar refractivity (Wildman–Crippen MR) is 79.8 cm³/mol. The van der Waals surface area contributed by atoms with Gasteiger partial charge >= 0.3 is 0 Å². The molecule has 7 nitrogen and oxygen atoms in total. The Kier molecular flexibility index (Phi) is 4.75. The summed E-state index contributed by atoms with van der Waals surface area (Å²) in [5.74, 6) is 0. The number of nitro benzene ring substituents is 1. The third-order valence-corrected chi connectivity index (χ3v) is 3.62. The normalized spacial score (nSPS) is 16.4. The second-order valence-electron chi connectivity index (χ2n) is 4.97. The van der Waals surface area contributed by atoms with Crippen molar-refractivity contribution in [2.45, 2.75) is 6.42 Å². The van der Waals surface area contributed by atoms with E-state index in [2.05, 4.69) is 9.80 Å². The molecule has 0 spiro atoms. The summed E-state index contributed by atoms with van der Waals surface area (Å²) >= 11 is 0. The molecule has 1 saturated heterocycles. The topological polar surface area (TPSA) is 102 Å². The van der Waals surface area contributed by atoms with E-state index in [4.69, 9.17) is 11.5 Å². The van der Waals surface area contributed by atoms with Crippen LogP contribution in [-0.2, 0) is 0 Å². The number of benzene rings is 1. The summed E-state index contributed by atoms with van der Waals surface area (Å²) < 4.78 is 0. The van der Waals surface area contributed by atoms with Gasteiger partial charge in [-0.05, 0) is 31.6 Å². The number of nitrogen functional groups attached to an aromatic ring is 1. The SMILES string of the molecule is NCCCN1CCN(c2ccc([N+](=O)[O-])c(N)c2)CC1. The van der Waals surface area contributed by atoms with Crippen LogP contribution in [0.4, 0.5) is 17.1 Å². The summed E-state index contributed by atoms with van der Waals surface area (Å²) in [6.45, 7) is 5.53. The van der Waals surface area contributed by atoms with Crippen LogP contribution in [0.25, 0.3) is 0 Å². The Hall–Kier alpha value is -1.86. The number of nitro groups is 1. The summed E-state index contributed by atoms with van der Waals surface area (Å²) in [6, 6.07) is 4.93. The Labute approximate surface area is 118 Å². The molecule has 7 heteroatoms. The number of anilines is 2. The first-order valence-corrected chi connectivity index (χ1v) is 6.83. The van der Waals surface area contributed by atoms with Gasteiger partial charge in [0, 0.05) is 37.9 Å². The van der Waals surface area contributed by atoms with Gasteiger partial charge in [-0.3, -0.25) is 15.0 Å². The molecule has 1 heterocycles. The first kappa shape index (κ1) is 14.5. The van der Waals surface area contributed by atoms with Gasteiger partial charge in [0.15, 0.2) is 0 Å². The van der Waals surface area contributed by atoms with Gasteiger partial charge in [-0.25, -0.2) is 0 Å². The van der Waals surface area contributed by atoms with E-state index in [0.717, 1.165) is 51.4 Å². The lowest BCUT2D eigenvalue weighted by Crippen LogP contribution is -2.46. The van der Waals surface area contributed by atoms with Crippen molar-refractivity contribution in [3.8, 4) is 0 Å². The second-order valence-corrected chi connectivity index (χ2v) is 4.97. The van der Waals surface area contributed by atoms with E-state index in [0.29, 0.717) is 0 Å². The van der Waals surface area contributed by atoms with Crippen molar-refractivity contribution in [3.05, 3.63) is 28.3 Å². The van der Waals surface area contributed by atoms with Gasteiger partial charge in [0.2, 0.25) is 0 Å². The molecule has 2 rings (SSSR count). The second kappa shape index (κ2) is 6.53. The van der Waals surface area contributed by atoms with Crippen LogP contribution in [0, 0.1) is 10.1 Å². The number of rotatable bonds is 5. The highest BCUT2D eigenvalue weighted by Crippen LogP contribution is 2.27. The van der Waals surface area contributed by atoms with Crippen LogP contribution in [-0.4, -0.2) is 49.1 Å². The smallest absolute Gasteiger partial charge is 0.292 e. The lowest BCUT2D eigenvalue weighted by molar-refractivity contribution is -0.383. The van der Waals surface area contributed by atoms with Crippen molar-refractivity contribution < 1.29 is 4.92 Å². The fraction of sp³-hybridized carbons (Fsp3) is 0.538. The minimum absolute atomic E-state index is 0.0321. The quantitative estimate of drug-likeness (QED) is 0.466. The molecule has 0 bridgehead atoms. The Morgan fingerprint density at radius 2 is 1.95 bits per heavy atom. The molecule has 0 aliphatic carbocycles. The third-order valence-electron chi connectivity index (χ3n) is 3.62. The molecule has 4 N–H and O–H groups in total. The fourth-order valence-corrected chi connectivity index (χ4v) is 2.45. The largest absolute Gasteiger partial charge is 0.393 e. The monoisotopic (exact) mass is 279 g/mol. The number of nitrogens with two attached hydrogens (primary N) is 2. The average molecular weight is 279 g/mol. The summed E-state index contributed by atoms with van der Waals surface area (Å²) in [6.07, 6.45) is 1.02. The van der Waals surface area contributed by atoms with Gasteiger partial charge in [0.1, 0.15) is 5.69 Å². The summed E-state index contributed by atoms with van der Waals surface area (Å²) in [5.41, 5.74) is 12.4. The van der Waals surface area contributed by atoms with Crippen LogP contribution >= 0.6 is 0 Å². The zero-order chi connectivity index (χ0) is 14.5. The summed E-state index contributed by atoms with van der Waals surface area (Å²) in [4.78, 5) is 14.9. The molecule has 0 aromatic heterocycles. The maximum atomic E-state index is 10.7. The van der Waals surface area contributed by atoms with E-state index in [1.54, 1.807) is 12.1 Å². The van der Waals surface area contributed by atoms with Gasteiger partial charge in [-0.2, -0.15) is 0 Å². The molecule has 0 radical (unpaired) electrons.